The molecule has 0 spiro atoms. The molecule has 0 bridgehead atoms. The Balaban J connectivity index is 1.44. The number of anilines is 1. The molecule has 1 amide bonds. The molecule has 4 aromatic rings. The van der Waals surface area contributed by atoms with Gasteiger partial charge in [0.2, 0.25) is 5.91 Å². The second-order valence-electron chi connectivity index (χ2n) is 7.20. The molecule has 0 saturated carbocycles. The van der Waals surface area contributed by atoms with Crippen molar-refractivity contribution >= 4 is 37.9 Å². The topological polar surface area (TPSA) is 106 Å². The van der Waals surface area contributed by atoms with Crippen LogP contribution >= 0.6 is 0 Å². The van der Waals surface area contributed by atoms with Crippen LogP contribution in [0.2, 0.25) is 0 Å². The van der Waals surface area contributed by atoms with Crippen LogP contribution in [0.5, 0.6) is 0 Å². The minimum atomic E-state index is -3.80. The predicted octanol–water partition coefficient (Wildman–Crippen LogP) is 4.83. The number of nitro benzene ring substituents is 1. The number of rotatable bonds is 6. The van der Waals surface area contributed by atoms with Gasteiger partial charge in [-0.25, -0.2) is 8.42 Å². The second-order valence-corrected chi connectivity index (χ2v) is 9.19. The van der Waals surface area contributed by atoms with E-state index in [2.05, 4.69) is 5.32 Å². The maximum Gasteiger partial charge on any atom is 0.269 e. The highest BCUT2D eigenvalue weighted by atomic mass is 32.2. The van der Waals surface area contributed by atoms with E-state index in [-0.39, 0.29) is 10.6 Å². The van der Waals surface area contributed by atoms with E-state index < -0.39 is 26.4 Å². The monoisotopic (exact) mass is 446 g/mol. The number of hydrogen-bond acceptors (Lipinski definition) is 5. The number of benzene rings is 4. The Labute approximate surface area is 184 Å². The summed E-state index contributed by atoms with van der Waals surface area (Å²) in [7, 11) is -3.80. The van der Waals surface area contributed by atoms with Gasteiger partial charge in [-0.3, -0.25) is 14.9 Å². The van der Waals surface area contributed by atoms with Gasteiger partial charge < -0.3 is 5.32 Å². The van der Waals surface area contributed by atoms with E-state index in [1.54, 1.807) is 48.5 Å². The number of hydrogen-bond donors (Lipinski definition) is 1. The number of nitrogens with zero attached hydrogens (tertiary/aromatic N) is 1. The number of sulfone groups is 1. The quantitative estimate of drug-likeness (QED) is 0.337. The molecule has 0 aliphatic carbocycles. The fraction of sp³-hybridized carbons (Fsp3) is 0.0417. The van der Waals surface area contributed by atoms with Crippen LogP contribution in [-0.4, -0.2) is 25.0 Å². The van der Waals surface area contributed by atoms with Crippen LogP contribution in [0, 0.1) is 10.1 Å². The van der Waals surface area contributed by atoms with Crippen molar-refractivity contribution < 1.29 is 18.1 Å². The van der Waals surface area contributed by atoms with Crippen LogP contribution < -0.4 is 5.32 Å². The molecule has 1 N–H and O–H groups in total. The highest BCUT2D eigenvalue weighted by Gasteiger charge is 2.20. The van der Waals surface area contributed by atoms with Crippen molar-refractivity contribution in [2.24, 2.45) is 0 Å². The summed E-state index contributed by atoms with van der Waals surface area (Å²) in [5.41, 5.74) is 2.05. The lowest BCUT2D eigenvalue weighted by atomic mass is 10.1. The molecule has 0 atom stereocenters. The summed E-state index contributed by atoms with van der Waals surface area (Å²) < 4.78 is 25.4. The highest BCUT2D eigenvalue weighted by molar-refractivity contribution is 7.92. The van der Waals surface area contributed by atoms with Crippen LogP contribution in [-0.2, 0) is 14.6 Å². The molecule has 8 heteroatoms. The molecule has 4 rings (SSSR count). The molecule has 0 saturated heterocycles. The van der Waals surface area contributed by atoms with Gasteiger partial charge in [0.15, 0.2) is 9.84 Å². The smallest absolute Gasteiger partial charge is 0.269 e. The molecule has 4 aromatic carbocycles. The first-order valence-electron chi connectivity index (χ1n) is 9.68. The number of amides is 1. The molecule has 160 valence electrons. The van der Waals surface area contributed by atoms with Crippen molar-refractivity contribution in [1.82, 2.24) is 0 Å². The summed E-state index contributed by atoms with van der Waals surface area (Å²) in [5.74, 6) is -1.31. The SMILES string of the molecule is O=C(CS(=O)(=O)c1ccc2ccccc2c1)Nc1ccc(-c2ccc([N+](=O)[O-])cc2)cc1. The van der Waals surface area contributed by atoms with Crippen molar-refractivity contribution in [2.45, 2.75) is 4.90 Å². The zero-order valence-corrected chi connectivity index (χ0v) is 17.6. The lowest BCUT2D eigenvalue weighted by Gasteiger charge is -2.09. The third kappa shape index (κ3) is 4.65. The van der Waals surface area contributed by atoms with Gasteiger partial charge >= 0.3 is 0 Å². The second kappa shape index (κ2) is 8.60. The van der Waals surface area contributed by atoms with Crippen molar-refractivity contribution in [3.8, 4) is 11.1 Å². The average molecular weight is 446 g/mol. The Bertz CT molecular complexity index is 1410. The van der Waals surface area contributed by atoms with E-state index in [4.69, 9.17) is 0 Å². The van der Waals surface area contributed by atoms with Crippen LogP contribution in [0.25, 0.3) is 21.9 Å². The Hall–Kier alpha value is -4.04. The first-order valence-corrected chi connectivity index (χ1v) is 11.3. The Morgan fingerprint density at radius 2 is 1.41 bits per heavy atom. The molecule has 0 heterocycles. The lowest BCUT2D eigenvalue weighted by molar-refractivity contribution is -0.384. The summed E-state index contributed by atoms with van der Waals surface area (Å²) >= 11 is 0. The van der Waals surface area contributed by atoms with E-state index in [1.165, 1.54) is 18.2 Å². The first-order chi connectivity index (χ1) is 15.3. The molecule has 7 nitrogen and oxygen atoms in total. The third-order valence-electron chi connectivity index (χ3n) is 4.98. The number of carbonyl (C=O) groups excluding carboxylic acids is 1. The number of nitrogens with one attached hydrogen (secondary N) is 1. The average Bonchev–Trinajstić information content (AvgIpc) is 2.79. The normalized spacial score (nSPS) is 11.2. The highest BCUT2D eigenvalue weighted by Crippen LogP contribution is 2.24. The molecule has 0 aromatic heterocycles. The zero-order valence-electron chi connectivity index (χ0n) is 16.8. The van der Waals surface area contributed by atoms with E-state index >= 15 is 0 Å². The number of carbonyl (C=O) groups is 1. The number of fused-ring (bicyclic) bond motifs is 1. The maximum atomic E-state index is 12.7. The summed E-state index contributed by atoms with van der Waals surface area (Å²) in [6.07, 6.45) is 0. The lowest BCUT2D eigenvalue weighted by Crippen LogP contribution is -2.23. The standard InChI is InChI=1S/C24H18N2O5S/c27-24(16-32(30,31)23-14-9-17-3-1-2-4-20(17)15-23)25-21-10-5-18(6-11-21)19-7-12-22(13-8-19)26(28)29/h1-15H,16H2,(H,25,27). The van der Waals surface area contributed by atoms with Gasteiger partial charge in [-0.2, -0.15) is 0 Å². The first kappa shape index (κ1) is 21.2. The van der Waals surface area contributed by atoms with Crippen molar-refractivity contribution in [2.75, 3.05) is 11.1 Å². The molecular formula is C24H18N2O5S. The minimum absolute atomic E-state index is 0.00487. The van der Waals surface area contributed by atoms with Crippen LogP contribution in [0.15, 0.2) is 95.9 Å². The van der Waals surface area contributed by atoms with E-state index in [0.29, 0.717) is 5.69 Å². The van der Waals surface area contributed by atoms with E-state index in [9.17, 15) is 23.3 Å². The van der Waals surface area contributed by atoms with Gasteiger partial charge in [0, 0.05) is 17.8 Å². The van der Waals surface area contributed by atoms with Gasteiger partial charge in [0.1, 0.15) is 5.75 Å². The van der Waals surface area contributed by atoms with E-state index in [1.807, 2.05) is 24.3 Å². The number of nitro groups is 1. The molecule has 0 aliphatic rings. The largest absolute Gasteiger partial charge is 0.325 e. The summed E-state index contributed by atoms with van der Waals surface area (Å²) in [6, 6.07) is 25.1. The summed E-state index contributed by atoms with van der Waals surface area (Å²) in [6.45, 7) is 0. The van der Waals surface area contributed by atoms with Crippen LogP contribution in [0.1, 0.15) is 0 Å². The van der Waals surface area contributed by atoms with Crippen molar-refractivity contribution in [3.63, 3.8) is 0 Å². The zero-order chi connectivity index (χ0) is 22.7. The predicted molar refractivity (Wildman–Crippen MR) is 123 cm³/mol. The molecular weight excluding hydrogens is 428 g/mol. The molecule has 32 heavy (non-hydrogen) atoms. The van der Waals surface area contributed by atoms with Gasteiger partial charge in [0.05, 0.1) is 9.82 Å². The summed E-state index contributed by atoms with van der Waals surface area (Å²) in [4.78, 5) is 22.8. The van der Waals surface area contributed by atoms with Crippen molar-refractivity contribution in [3.05, 3.63) is 101 Å². The fourth-order valence-corrected chi connectivity index (χ4v) is 4.50. The van der Waals surface area contributed by atoms with Gasteiger partial charge in [-0.15, -0.1) is 0 Å². The Morgan fingerprint density at radius 1 is 0.812 bits per heavy atom. The maximum absolute atomic E-state index is 12.7. The molecule has 0 unspecified atom stereocenters. The van der Waals surface area contributed by atoms with E-state index in [0.717, 1.165) is 21.9 Å². The Kier molecular flexibility index (Phi) is 5.70. The fourth-order valence-electron chi connectivity index (χ4n) is 3.34. The van der Waals surface area contributed by atoms with Crippen LogP contribution in [0.3, 0.4) is 0 Å². The number of non-ortho nitro benzene ring substituents is 1. The Morgan fingerprint density at radius 3 is 2.03 bits per heavy atom. The van der Waals surface area contributed by atoms with Gasteiger partial charge in [0.25, 0.3) is 5.69 Å². The third-order valence-corrected chi connectivity index (χ3v) is 6.60. The molecule has 0 fully saturated rings. The molecule has 0 radical (unpaired) electrons. The van der Waals surface area contributed by atoms with Gasteiger partial charge in [-0.1, -0.05) is 42.5 Å². The van der Waals surface area contributed by atoms with Crippen LogP contribution in [0.4, 0.5) is 11.4 Å². The van der Waals surface area contributed by atoms with Crippen molar-refractivity contribution in [1.29, 1.82) is 0 Å². The van der Waals surface area contributed by atoms with Gasteiger partial charge in [-0.05, 0) is 58.3 Å². The summed E-state index contributed by atoms with van der Waals surface area (Å²) in [5, 5.41) is 15.1. The molecule has 0 aliphatic heterocycles. The minimum Gasteiger partial charge on any atom is -0.325 e.